The van der Waals surface area contributed by atoms with Crippen LogP contribution in [-0.4, -0.2) is 12.8 Å². The summed E-state index contributed by atoms with van der Waals surface area (Å²) in [4.78, 5) is 4.95. The van der Waals surface area contributed by atoms with Gasteiger partial charge in [0.05, 0.1) is 6.21 Å². The van der Waals surface area contributed by atoms with E-state index in [4.69, 9.17) is 10.6 Å². The average molecular weight is 252 g/mol. The summed E-state index contributed by atoms with van der Waals surface area (Å²) in [5.41, 5.74) is 9.82. The molecule has 3 nitrogen and oxygen atoms in total. The van der Waals surface area contributed by atoms with Crippen molar-refractivity contribution in [2.45, 2.75) is 0 Å². The third-order valence-corrected chi connectivity index (χ3v) is 2.65. The second-order valence-electron chi connectivity index (χ2n) is 4.03. The van der Waals surface area contributed by atoms with Gasteiger partial charge in [0.15, 0.2) is 0 Å². The summed E-state index contributed by atoms with van der Waals surface area (Å²) in [6.07, 6.45) is 3.32. The van der Waals surface area contributed by atoms with Crippen LogP contribution in [0.4, 0.5) is 5.69 Å². The number of nitrogens with two attached hydrogens (primary N) is 1. The summed E-state index contributed by atoms with van der Waals surface area (Å²) < 4.78 is 0. The average Bonchev–Trinajstić information content (AvgIpc) is 2.45. The number of rotatable bonds is 5. The third kappa shape index (κ3) is 3.45. The predicted octanol–water partition coefficient (Wildman–Crippen LogP) is 3.47. The maximum absolute atomic E-state index is 5.95. The molecule has 2 rings (SSSR count). The van der Waals surface area contributed by atoms with Crippen molar-refractivity contribution in [2.75, 3.05) is 12.3 Å². The van der Waals surface area contributed by atoms with Crippen LogP contribution in [0.5, 0.6) is 0 Å². The first-order valence-electron chi connectivity index (χ1n) is 6.02. The molecular weight excluding hydrogens is 236 g/mol. The zero-order chi connectivity index (χ0) is 13.5. The molecule has 0 fully saturated rings. The minimum absolute atomic E-state index is 0.412. The lowest BCUT2D eigenvalue weighted by atomic mass is 10.0. The van der Waals surface area contributed by atoms with Crippen LogP contribution in [0.15, 0.2) is 66.3 Å². The number of nitrogen functional groups attached to an aromatic ring is 1. The molecule has 0 saturated heterocycles. The van der Waals surface area contributed by atoms with Crippen molar-refractivity contribution in [1.82, 2.24) is 0 Å². The predicted molar refractivity (Wildman–Crippen MR) is 80.0 cm³/mol. The Morgan fingerprint density at radius 2 is 1.84 bits per heavy atom. The maximum atomic E-state index is 5.95. The monoisotopic (exact) mass is 252 g/mol. The Balaban J connectivity index is 2.13. The lowest BCUT2D eigenvalue weighted by Crippen LogP contribution is -1.90. The first-order valence-corrected chi connectivity index (χ1v) is 6.02. The van der Waals surface area contributed by atoms with Gasteiger partial charge in [0.25, 0.3) is 0 Å². The zero-order valence-corrected chi connectivity index (χ0v) is 10.6. The number of hydrogen-bond acceptors (Lipinski definition) is 3. The topological polar surface area (TPSA) is 47.6 Å². The van der Waals surface area contributed by atoms with E-state index < -0.39 is 0 Å². The van der Waals surface area contributed by atoms with Gasteiger partial charge in [0.2, 0.25) is 0 Å². The molecule has 0 saturated carbocycles. The fraction of sp³-hybridized carbons (Fsp3) is 0.0625. The van der Waals surface area contributed by atoms with Crippen LogP contribution in [0.3, 0.4) is 0 Å². The summed E-state index contributed by atoms with van der Waals surface area (Å²) in [7, 11) is 0. The van der Waals surface area contributed by atoms with Crippen LogP contribution in [-0.2, 0) is 4.84 Å². The summed E-state index contributed by atoms with van der Waals surface area (Å²) in [6.45, 7) is 3.96. The van der Waals surface area contributed by atoms with Gasteiger partial charge in [-0.05, 0) is 17.2 Å². The van der Waals surface area contributed by atoms with E-state index in [2.05, 4.69) is 11.7 Å². The molecule has 0 aromatic heterocycles. The lowest BCUT2D eigenvalue weighted by molar-refractivity contribution is 0.176. The lowest BCUT2D eigenvalue weighted by Gasteiger charge is -2.05. The number of anilines is 1. The van der Waals surface area contributed by atoms with Crippen LogP contribution < -0.4 is 5.73 Å². The fourth-order valence-electron chi connectivity index (χ4n) is 1.70. The summed E-state index contributed by atoms with van der Waals surface area (Å²) in [5, 5.41) is 3.83. The van der Waals surface area contributed by atoms with Crippen LogP contribution in [0.2, 0.25) is 0 Å². The Morgan fingerprint density at radius 1 is 1.11 bits per heavy atom. The number of para-hydroxylation sites is 1. The van der Waals surface area contributed by atoms with Gasteiger partial charge in [-0.2, -0.15) is 0 Å². The number of oxime groups is 1. The van der Waals surface area contributed by atoms with Crippen molar-refractivity contribution in [2.24, 2.45) is 5.16 Å². The van der Waals surface area contributed by atoms with E-state index in [0.717, 1.165) is 22.4 Å². The van der Waals surface area contributed by atoms with E-state index >= 15 is 0 Å². The Hall–Kier alpha value is -2.55. The van der Waals surface area contributed by atoms with Crippen molar-refractivity contribution in [1.29, 1.82) is 0 Å². The van der Waals surface area contributed by atoms with Gasteiger partial charge in [-0.15, -0.1) is 0 Å². The van der Waals surface area contributed by atoms with Crippen LogP contribution in [0, 0.1) is 0 Å². The normalized spacial score (nSPS) is 10.5. The van der Waals surface area contributed by atoms with Crippen molar-refractivity contribution in [3.8, 4) is 11.1 Å². The molecule has 0 aliphatic rings. The van der Waals surface area contributed by atoms with Gasteiger partial charge >= 0.3 is 0 Å². The molecule has 0 aliphatic carbocycles. The van der Waals surface area contributed by atoms with Crippen LogP contribution in [0.1, 0.15) is 5.56 Å². The van der Waals surface area contributed by atoms with Crippen molar-refractivity contribution in [3.05, 3.63) is 66.7 Å². The highest BCUT2D eigenvalue weighted by Crippen LogP contribution is 2.25. The molecule has 2 aromatic carbocycles. The van der Waals surface area contributed by atoms with Crippen molar-refractivity contribution in [3.63, 3.8) is 0 Å². The first-order chi connectivity index (χ1) is 9.31. The maximum Gasteiger partial charge on any atom is 0.135 e. The minimum atomic E-state index is 0.412. The van der Waals surface area contributed by atoms with Gasteiger partial charge in [0, 0.05) is 11.3 Å². The molecule has 96 valence electrons. The van der Waals surface area contributed by atoms with Crippen LogP contribution in [0.25, 0.3) is 11.1 Å². The Labute approximate surface area is 113 Å². The van der Waals surface area contributed by atoms with E-state index in [1.807, 2.05) is 48.5 Å². The van der Waals surface area contributed by atoms with Gasteiger partial charge in [-0.3, -0.25) is 0 Å². The molecule has 0 aliphatic heterocycles. The van der Waals surface area contributed by atoms with Crippen molar-refractivity contribution >= 4 is 11.9 Å². The highest BCUT2D eigenvalue weighted by molar-refractivity contribution is 5.82. The van der Waals surface area contributed by atoms with Crippen LogP contribution >= 0.6 is 0 Å². The molecule has 0 atom stereocenters. The molecule has 0 unspecified atom stereocenters. The molecule has 2 aromatic rings. The minimum Gasteiger partial charge on any atom is -0.398 e. The van der Waals surface area contributed by atoms with E-state index in [0.29, 0.717) is 6.61 Å². The zero-order valence-electron chi connectivity index (χ0n) is 10.6. The van der Waals surface area contributed by atoms with Gasteiger partial charge in [-0.1, -0.05) is 60.3 Å². The smallest absolute Gasteiger partial charge is 0.135 e. The molecule has 2 N–H and O–H groups in total. The van der Waals surface area contributed by atoms with E-state index in [9.17, 15) is 0 Å². The fourth-order valence-corrected chi connectivity index (χ4v) is 1.70. The first kappa shape index (κ1) is 12.9. The standard InChI is InChI=1S/C16H16N2O/c1-2-11-19-18-12-13-7-9-14(10-8-13)15-5-3-4-6-16(15)17/h2-10,12H,1,11,17H2. The highest BCUT2D eigenvalue weighted by atomic mass is 16.6. The molecule has 0 radical (unpaired) electrons. The summed E-state index contributed by atoms with van der Waals surface area (Å²) in [5.74, 6) is 0. The SMILES string of the molecule is C=CCON=Cc1ccc(-c2ccccc2N)cc1. The van der Waals surface area contributed by atoms with Gasteiger partial charge in [0.1, 0.15) is 6.61 Å². The number of hydrogen-bond donors (Lipinski definition) is 1. The molecule has 0 amide bonds. The Morgan fingerprint density at radius 3 is 2.53 bits per heavy atom. The third-order valence-electron chi connectivity index (χ3n) is 2.65. The quantitative estimate of drug-likeness (QED) is 0.291. The second-order valence-corrected chi connectivity index (χ2v) is 4.03. The van der Waals surface area contributed by atoms with Gasteiger partial charge in [-0.25, -0.2) is 0 Å². The van der Waals surface area contributed by atoms with Crippen molar-refractivity contribution < 1.29 is 4.84 Å². The molecule has 0 spiro atoms. The van der Waals surface area contributed by atoms with E-state index in [-0.39, 0.29) is 0 Å². The molecule has 19 heavy (non-hydrogen) atoms. The largest absolute Gasteiger partial charge is 0.398 e. The van der Waals surface area contributed by atoms with E-state index in [1.165, 1.54) is 0 Å². The van der Waals surface area contributed by atoms with E-state index in [1.54, 1.807) is 12.3 Å². The Bertz CT molecular complexity index is 574. The molecule has 0 heterocycles. The molecule has 3 heteroatoms. The molecular formula is C16H16N2O. The van der Waals surface area contributed by atoms with Gasteiger partial charge < -0.3 is 10.6 Å². The summed E-state index contributed by atoms with van der Waals surface area (Å²) >= 11 is 0. The summed E-state index contributed by atoms with van der Waals surface area (Å²) in [6, 6.07) is 15.8. The Kier molecular flexibility index (Phi) is 4.34. The highest BCUT2D eigenvalue weighted by Gasteiger charge is 2.00. The number of benzene rings is 2. The molecule has 0 bridgehead atoms. The number of nitrogens with zero attached hydrogens (tertiary/aromatic N) is 1. The second kappa shape index (κ2) is 6.40.